The minimum absolute atomic E-state index is 0.0133. The van der Waals surface area contributed by atoms with E-state index in [1.165, 1.54) is 27.9 Å². The Kier molecular flexibility index (Phi) is 4.84. The molecular formula is C13H18FN3O4. The summed E-state index contributed by atoms with van der Waals surface area (Å²) in [7, 11) is 2.85. The van der Waals surface area contributed by atoms with Crippen molar-refractivity contribution in [2.75, 3.05) is 26.0 Å². The fraction of sp³-hybridized carbons (Fsp3) is 0.462. The molecule has 0 heterocycles. The molecule has 0 saturated heterocycles. The first kappa shape index (κ1) is 16.8. The molecule has 0 spiro atoms. The highest BCUT2D eigenvalue weighted by Crippen LogP contribution is 2.27. The van der Waals surface area contributed by atoms with Gasteiger partial charge < -0.3 is 15.3 Å². The van der Waals surface area contributed by atoms with Gasteiger partial charge in [-0.2, -0.15) is 0 Å². The number of carbonyl (C=O) groups is 1. The molecule has 1 rings (SSSR count). The number of halogens is 1. The predicted octanol–water partition coefficient (Wildman–Crippen LogP) is 1.62. The van der Waals surface area contributed by atoms with Gasteiger partial charge in [-0.3, -0.25) is 14.9 Å². The Bertz CT molecular complexity index is 569. The number of likely N-dealkylation sites (N-methyl/N-ethyl adjacent to an activating group) is 1. The van der Waals surface area contributed by atoms with Crippen molar-refractivity contribution >= 4 is 17.3 Å². The maximum atomic E-state index is 13.6. The zero-order valence-electron chi connectivity index (χ0n) is 12.3. The van der Waals surface area contributed by atoms with Gasteiger partial charge >= 0.3 is 0 Å². The van der Waals surface area contributed by atoms with Crippen molar-refractivity contribution in [3.05, 3.63) is 33.6 Å². The molecule has 7 nitrogen and oxygen atoms in total. The Morgan fingerprint density at radius 3 is 2.52 bits per heavy atom. The third-order valence-corrected chi connectivity index (χ3v) is 2.75. The number of nitro groups is 1. The fourth-order valence-electron chi connectivity index (χ4n) is 1.93. The highest BCUT2D eigenvalue weighted by molar-refractivity contribution is 5.99. The summed E-state index contributed by atoms with van der Waals surface area (Å²) in [4.78, 5) is 23.6. The quantitative estimate of drug-likeness (QED) is 0.636. The Balaban J connectivity index is 3.27. The van der Waals surface area contributed by atoms with Crippen LogP contribution in [-0.4, -0.2) is 47.1 Å². The van der Waals surface area contributed by atoms with Gasteiger partial charge in [0.25, 0.3) is 11.6 Å². The summed E-state index contributed by atoms with van der Waals surface area (Å²) < 4.78 is 13.6. The second-order valence-corrected chi connectivity index (χ2v) is 5.33. The molecule has 1 aromatic rings. The van der Waals surface area contributed by atoms with Crippen LogP contribution in [0.25, 0.3) is 0 Å². The monoisotopic (exact) mass is 299 g/mol. The molecule has 21 heavy (non-hydrogen) atoms. The molecule has 0 fully saturated rings. The van der Waals surface area contributed by atoms with Crippen LogP contribution in [0.2, 0.25) is 0 Å². The van der Waals surface area contributed by atoms with Gasteiger partial charge in [-0.1, -0.05) is 0 Å². The number of rotatable bonds is 5. The van der Waals surface area contributed by atoms with Crippen LogP contribution in [0.1, 0.15) is 24.2 Å². The Morgan fingerprint density at radius 1 is 1.52 bits per heavy atom. The number of hydrogen-bond donors (Lipinski definition) is 2. The van der Waals surface area contributed by atoms with E-state index >= 15 is 0 Å². The number of benzene rings is 1. The molecule has 2 N–H and O–H groups in total. The molecule has 8 heteroatoms. The fourth-order valence-corrected chi connectivity index (χ4v) is 1.93. The number of aliphatic hydroxyl groups is 1. The second kappa shape index (κ2) is 6.04. The molecule has 0 aliphatic carbocycles. The average molecular weight is 299 g/mol. The molecule has 0 saturated carbocycles. The van der Waals surface area contributed by atoms with Gasteiger partial charge in [0, 0.05) is 20.6 Å². The number of carbonyl (C=O) groups excluding carboxylic acids is 1. The minimum Gasteiger partial charge on any atom is -0.389 e. The van der Waals surface area contributed by atoms with E-state index < -0.39 is 27.9 Å². The predicted molar refractivity (Wildman–Crippen MR) is 75.9 cm³/mol. The third kappa shape index (κ3) is 4.12. The molecule has 0 aromatic heterocycles. The van der Waals surface area contributed by atoms with E-state index in [0.717, 1.165) is 11.0 Å². The highest BCUT2D eigenvalue weighted by Gasteiger charge is 2.28. The smallest absolute Gasteiger partial charge is 0.285 e. The zero-order chi connectivity index (χ0) is 16.4. The van der Waals surface area contributed by atoms with Gasteiger partial charge in [-0.05, 0) is 19.9 Å². The van der Waals surface area contributed by atoms with E-state index in [2.05, 4.69) is 5.32 Å². The summed E-state index contributed by atoms with van der Waals surface area (Å²) in [5.74, 6) is -1.48. The van der Waals surface area contributed by atoms with Crippen LogP contribution in [-0.2, 0) is 0 Å². The summed E-state index contributed by atoms with van der Waals surface area (Å²) in [6.07, 6.45) is 0. The van der Waals surface area contributed by atoms with Crippen molar-refractivity contribution in [1.29, 1.82) is 0 Å². The summed E-state index contributed by atoms with van der Waals surface area (Å²) >= 11 is 0. The van der Waals surface area contributed by atoms with Crippen LogP contribution >= 0.6 is 0 Å². The summed E-state index contributed by atoms with van der Waals surface area (Å²) in [6, 6.07) is 1.80. The van der Waals surface area contributed by atoms with E-state index in [9.17, 15) is 24.4 Å². The normalized spacial score (nSPS) is 11.1. The molecule has 116 valence electrons. The van der Waals surface area contributed by atoms with Crippen molar-refractivity contribution in [3.63, 3.8) is 0 Å². The molecule has 0 aliphatic heterocycles. The van der Waals surface area contributed by atoms with Crippen molar-refractivity contribution in [2.24, 2.45) is 0 Å². The van der Waals surface area contributed by atoms with E-state index in [1.54, 1.807) is 0 Å². The molecule has 0 bridgehead atoms. The highest BCUT2D eigenvalue weighted by atomic mass is 19.1. The van der Waals surface area contributed by atoms with Crippen LogP contribution in [0.15, 0.2) is 12.1 Å². The Labute approximate surface area is 121 Å². The lowest BCUT2D eigenvalue weighted by molar-refractivity contribution is -0.385. The molecule has 0 unspecified atom stereocenters. The second-order valence-electron chi connectivity index (χ2n) is 5.33. The zero-order valence-corrected chi connectivity index (χ0v) is 12.3. The van der Waals surface area contributed by atoms with Gasteiger partial charge in [-0.25, -0.2) is 4.39 Å². The van der Waals surface area contributed by atoms with Crippen LogP contribution in [0.5, 0.6) is 0 Å². The van der Waals surface area contributed by atoms with Crippen LogP contribution in [0.4, 0.5) is 15.8 Å². The lowest BCUT2D eigenvalue weighted by Crippen LogP contribution is -2.39. The molecule has 1 amide bonds. The molecule has 0 radical (unpaired) electrons. The number of anilines is 1. The van der Waals surface area contributed by atoms with Crippen molar-refractivity contribution in [1.82, 2.24) is 4.90 Å². The number of amides is 1. The van der Waals surface area contributed by atoms with Gasteiger partial charge in [-0.15, -0.1) is 0 Å². The van der Waals surface area contributed by atoms with Gasteiger partial charge in [0.15, 0.2) is 5.82 Å². The van der Waals surface area contributed by atoms with Crippen molar-refractivity contribution in [3.8, 4) is 0 Å². The van der Waals surface area contributed by atoms with Gasteiger partial charge in [0.05, 0.1) is 22.3 Å². The SMILES string of the molecule is CNc1cc(C(=O)N(C)CC(C)(C)O)c([N+](=O)[O-])cc1F. The first-order chi connectivity index (χ1) is 9.56. The molecule has 0 atom stereocenters. The number of nitrogens with zero attached hydrogens (tertiary/aromatic N) is 2. The van der Waals surface area contributed by atoms with Crippen molar-refractivity contribution in [2.45, 2.75) is 19.4 Å². The lowest BCUT2D eigenvalue weighted by Gasteiger charge is -2.25. The Morgan fingerprint density at radius 2 is 2.10 bits per heavy atom. The van der Waals surface area contributed by atoms with Gasteiger partial charge in [0.1, 0.15) is 5.56 Å². The molecular weight excluding hydrogens is 281 g/mol. The van der Waals surface area contributed by atoms with Gasteiger partial charge in [0.2, 0.25) is 0 Å². The maximum Gasteiger partial charge on any atom is 0.285 e. The topological polar surface area (TPSA) is 95.7 Å². The average Bonchev–Trinajstić information content (AvgIpc) is 2.35. The van der Waals surface area contributed by atoms with E-state index in [0.29, 0.717) is 6.07 Å². The van der Waals surface area contributed by atoms with E-state index in [4.69, 9.17) is 0 Å². The summed E-state index contributed by atoms with van der Waals surface area (Å²) in [6.45, 7) is 3.00. The first-order valence-corrected chi connectivity index (χ1v) is 6.20. The van der Waals surface area contributed by atoms with Crippen LogP contribution < -0.4 is 5.32 Å². The number of nitro benzene ring substituents is 1. The Hall–Kier alpha value is -2.22. The third-order valence-electron chi connectivity index (χ3n) is 2.75. The summed E-state index contributed by atoms with van der Waals surface area (Å²) in [5, 5.41) is 23.2. The number of nitrogens with one attached hydrogen (secondary N) is 1. The van der Waals surface area contributed by atoms with Crippen molar-refractivity contribution < 1.29 is 19.2 Å². The molecule has 0 aliphatic rings. The van der Waals surface area contributed by atoms with E-state index in [-0.39, 0.29) is 17.8 Å². The molecule has 1 aromatic carbocycles. The van der Waals surface area contributed by atoms with E-state index in [1.807, 2.05) is 0 Å². The van der Waals surface area contributed by atoms with Crippen LogP contribution in [0.3, 0.4) is 0 Å². The summed E-state index contributed by atoms with van der Waals surface area (Å²) in [5.41, 5.74) is -2.01. The number of hydrogen-bond acceptors (Lipinski definition) is 5. The first-order valence-electron chi connectivity index (χ1n) is 6.20. The lowest BCUT2D eigenvalue weighted by atomic mass is 10.1. The maximum absolute atomic E-state index is 13.6. The largest absolute Gasteiger partial charge is 0.389 e. The standard InChI is InChI=1S/C13H18FN3O4/c1-13(2,19)7-16(4)12(18)8-5-10(15-3)9(14)6-11(8)17(20)21/h5-6,15,19H,7H2,1-4H3. The van der Waals surface area contributed by atoms with Crippen LogP contribution in [0, 0.1) is 15.9 Å². The minimum atomic E-state index is -1.15.